The highest BCUT2D eigenvalue weighted by Crippen LogP contribution is 2.22. The van der Waals surface area contributed by atoms with Crippen LogP contribution in [0.1, 0.15) is 12.8 Å². The Hall–Kier alpha value is -1.29. The molecule has 0 spiro atoms. The topological polar surface area (TPSA) is 37.8 Å². The van der Waals surface area contributed by atoms with Crippen molar-refractivity contribution < 1.29 is 0 Å². The van der Waals surface area contributed by atoms with Gasteiger partial charge in [-0.15, -0.1) is 0 Å². The molecule has 1 fully saturated rings. The van der Waals surface area contributed by atoms with E-state index in [1.807, 2.05) is 17.8 Å². The molecule has 1 saturated heterocycles. The van der Waals surface area contributed by atoms with Gasteiger partial charge in [0.2, 0.25) is 0 Å². The zero-order chi connectivity index (χ0) is 11.5. The Bertz CT molecular complexity index is 509. The van der Waals surface area contributed by atoms with E-state index in [9.17, 15) is 0 Å². The molecule has 0 saturated carbocycles. The third-order valence-corrected chi connectivity index (χ3v) is 4.22. The molecule has 1 aromatic carbocycles. The predicted molar refractivity (Wildman–Crippen MR) is 73.5 cm³/mol. The molecular weight excluding hydrogens is 230 g/mol. The Morgan fingerprint density at radius 1 is 1.18 bits per heavy atom. The predicted octanol–water partition coefficient (Wildman–Crippen LogP) is 2.94. The lowest BCUT2D eigenvalue weighted by molar-refractivity contribution is 0.685. The van der Waals surface area contributed by atoms with Crippen LogP contribution in [0.5, 0.6) is 0 Å². The minimum atomic E-state index is 0.600. The number of rotatable bonds is 2. The number of fused-ring (bicyclic) bond motifs is 1. The van der Waals surface area contributed by atoms with Crippen molar-refractivity contribution in [1.29, 1.82) is 0 Å². The second-order valence-corrected chi connectivity index (χ2v) is 5.47. The summed E-state index contributed by atoms with van der Waals surface area (Å²) in [6.07, 6.45) is 6.05. The van der Waals surface area contributed by atoms with Crippen molar-refractivity contribution in [3.05, 3.63) is 30.6 Å². The highest BCUT2D eigenvalue weighted by molar-refractivity contribution is 7.99. The summed E-state index contributed by atoms with van der Waals surface area (Å²) >= 11 is 2.04. The molecular formula is C13H15N3S. The molecule has 1 aliphatic rings. The zero-order valence-electron chi connectivity index (χ0n) is 9.60. The highest BCUT2D eigenvalue weighted by Gasteiger charge is 2.13. The van der Waals surface area contributed by atoms with Crippen LogP contribution >= 0.6 is 11.8 Å². The Labute approximate surface area is 105 Å². The first-order valence-electron chi connectivity index (χ1n) is 5.97. The molecule has 0 bridgehead atoms. The molecule has 1 unspecified atom stereocenters. The molecule has 0 aliphatic carbocycles. The summed E-state index contributed by atoms with van der Waals surface area (Å²) in [6.45, 7) is 0. The van der Waals surface area contributed by atoms with E-state index in [0.29, 0.717) is 6.04 Å². The van der Waals surface area contributed by atoms with Gasteiger partial charge in [0, 0.05) is 29.9 Å². The standard InChI is InChI=1S/C13H15N3S/c1-2-11(9-17-7-1)16-10-3-4-12-13(8-10)15-6-5-14-12/h3-6,8,11,16H,1-2,7,9H2. The summed E-state index contributed by atoms with van der Waals surface area (Å²) in [5.74, 6) is 2.51. The maximum atomic E-state index is 4.33. The molecule has 17 heavy (non-hydrogen) atoms. The molecule has 1 atom stereocenters. The quantitative estimate of drug-likeness (QED) is 0.882. The molecule has 0 amide bonds. The number of hydrogen-bond donors (Lipinski definition) is 1. The molecule has 2 aromatic rings. The Morgan fingerprint density at radius 3 is 2.88 bits per heavy atom. The van der Waals surface area contributed by atoms with Crippen LogP contribution in [0.15, 0.2) is 30.6 Å². The lowest BCUT2D eigenvalue weighted by Gasteiger charge is -2.23. The Balaban J connectivity index is 1.80. The molecule has 3 rings (SSSR count). The SMILES string of the molecule is c1cnc2cc(NC3CCCSC3)ccc2n1. The first-order chi connectivity index (χ1) is 8.42. The fourth-order valence-corrected chi connectivity index (χ4v) is 3.22. The van der Waals surface area contributed by atoms with Gasteiger partial charge in [0.15, 0.2) is 0 Å². The van der Waals surface area contributed by atoms with E-state index in [4.69, 9.17) is 0 Å². The van der Waals surface area contributed by atoms with Gasteiger partial charge in [-0.2, -0.15) is 11.8 Å². The number of anilines is 1. The summed E-state index contributed by atoms with van der Waals surface area (Å²) in [4.78, 5) is 8.60. The fraction of sp³-hybridized carbons (Fsp3) is 0.385. The van der Waals surface area contributed by atoms with Gasteiger partial charge in [-0.05, 0) is 36.8 Å². The van der Waals surface area contributed by atoms with Gasteiger partial charge in [0.25, 0.3) is 0 Å². The van der Waals surface area contributed by atoms with Gasteiger partial charge < -0.3 is 5.32 Å². The molecule has 88 valence electrons. The van der Waals surface area contributed by atoms with Crippen LogP contribution < -0.4 is 5.32 Å². The molecule has 2 heterocycles. The van der Waals surface area contributed by atoms with Crippen LogP contribution in [0.2, 0.25) is 0 Å². The molecule has 3 nitrogen and oxygen atoms in total. The summed E-state index contributed by atoms with van der Waals surface area (Å²) in [5, 5.41) is 3.58. The second-order valence-electron chi connectivity index (χ2n) is 4.32. The average molecular weight is 245 g/mol. The number of nitrogens with zero attached hydrogens (tertiary/aromatic N) is 2. The minimum absolute atomic E-state index is 0.600. The monoisotopic (exact) mass is 245 g/mol. The van der Waals surface area contributed by atoms with E-state index >= 15 is 0 Å². The van der Waals surface area contributed by atoms with Gasteiger partial charge in [-0.3, -0.25) is 9.97 Å². The summed E-state index contributed by atoms with van der Waals surface area (Å²) in [7, 11) is 0. The van der Waals surface area contributed by atoms with E-state index in [-0.39, 0.29) is 0 Å². The van der Waals surface area contributed by atoms with Crippen molar-refractivity contribution in [1.82, 2.24) is 9.97 Å². The number of thioether (sulfide) groups is 1. The van der Waals surface area contributed by atoms with Crippen LogP contribution in [0.3, 0.4) is 0 Å². The summed E-state index contributed by atoms with van der Waals surface area (Å²) < 4.78 is 0. The van der Waals surface area contributed by atoms with Gasteiger partial charge in [-0.25, -0.2) is 0 Å². The van der Waals surface area contributed by atoms with E-state index < -0.39 is 0 Å². The van der Waals surface area contributed by atoms with E-state index in [0.717, 1.165) is 16.7 Å². The van der Waals surface area contributed by atoms with Gasteiger partial charge in [0.1, 0.15) is 0 Å². The van der Waals surface area contributed by atoms with Crippen LogP contribution in [-0.2, 0) is 0 Å². The first-order valence-corrected chi connectivity index (χ1v) is 7.12. The number of nitrogens with one attached hydrogen (secondary N) is 1. The normalized spacial score (nSPS) is 20.4. The van der Waals surface area contributed by atoms with Gasteiger partial charge >= 0.3 is 0 Å². The van der Waals surface area contributed by atoms with Crippen LogP contribution in [0, 0.1) is 0 Å². The van der Waals surface area contributed by atoms with Crippen molar-refractivity contribution in [2.75, 3.05) is 16.8 Å². The van der Waals surface area contributed by atoms with Gasteiger partial charge in [0.05, 0.1) is 11.0 Å². The molecule has 1 aliphatic heterocycles. The van der Waals surface area contributed by atoms with E-state index in [1.165, 1.54) is 24.3 Å². The number of aromatic nitrogens is 2. The first kappa shape index (κ1) is 10.8. The van der Waals surface area contributed by atoms with Crippen molar-refractivity contribution in [2.45, 2.75) is 18.9 Å². The van der Waals surface area contributed by atoms with Crippen molar-refractivity contribution >= 4 is 28.5 Å². The lowest BCUT2D eigenvalue weighted by Crippen LogP contribution is -2.25. The fourth-order valence-electron chi connectivity index (χ4n) is 2.14. The van der Waals surface area contributed by atoms with E-state index in [2.05, 4.69) is 27.4 Å². The largest absolute Gasteiger partial charge is 0.381 e. The van der Waals surface area contributed by atoms with Crippen LogP contribution in [0.25, 0.3) is 11.0 Å². The van der Waals surface area contributed by atoms with Crippen molar-refractivity contribution in [2.24, 2.45) is 0 Å². The van der Waals surface area contributed by atoms with E-state index in [1.54, 1.807) is 12.4 Å². The zero-order valence-corrected chi connectivity index (χ0v) is 10.4. The summed E-state index contributed by atoms with van der Waals surface area (Å²) in [5.41, 5.74) is 3.07. The van der Waals surface area contributed by atoms with Crippen LogP contribution in [-0.4, -0.2) is 27.5 Å². The maximum Gasteiger partial charge on any atom is 0.0907 e. The maximum absolute atomic E-state index is 4.33. The molecule has 1 N–H and O–H groups in total. The Kier molecular flexibility index (Phi) is 3.14. The summed E-state index contributed by atoms with van der Waals surface area (Å²) in [6, 6.07) is 6.81. The molecule has 4 heteroatoms. The number of hydrogen-bond acceptors (Lipinski definition) is 4. The third kappa shape index (κ3) is 2.52. The number of benzene rings is 1. The highest BCUT2D eigenvalue weighted by atomic mass is 32.2. The smallest absolute Gasteiger partial charge is 0.0907 e. The average Bonchev–Trinajstić information content (AvgIpc) is 2.40. The second kappa shape index (κ2) is 4.92. The minimum Gasteiger partial charge on any atom is -0.381 e. The van der Waals surface area contributed by atoms with Gasteiger partial charge in [-0.1, -0.05) is 0 Å². The third-order valence-electron chi connectivity index (χ3n) is 3.00. The van der Waals surface area contributed by atoms with Crippen molar-refractivity contribution in [3.8, 4) is 0 Å². The van der Waals surface area contributed by atoms with Crippen molar-refractivity contribution in [3.63, 3.8) is 0 Å². The molecule has 1 aromatic heterocycles. The lowest BCUT2D eigenvalue weighted by atomic mass is 10.1. The van der Waals surface area contributed by atoms with Crippen LogP contribution in [0.4, 0.5) is 5.69 Å². The Morgan fingerprint density at radius 2 is 2.06 bits per heavy atom. The molecule has 0 radical (unpaired) electrons.